The molecule has 0 spiro atoms. The number of nitro groups is 1. The van der Waals surface area contributed by atoms with Gasteiger partial charge >= 0.3 is 5.97 Å². The summed E-state index contributed by atoms with van der Waals surface area (Å²) in [6.45, 7) is 0.287. The Morgan fingerprint density at radius 3 is 2.42 bits per heavy atom. The molecule has 2 aromatic carbocycles. The number of carboxylic acid groups (broad SMARTS) is 1. The molecule has 1 N–H and O–H groups in total. The molecule has 33 heavy (non-hydrogen) atoms. The summed E-state index contributed by atoms with van der Waals surface area (Å²) >= 11 is 0. The minimum atomic E-state index is -0.906. The van der Waals surface area contributed by atoms with Gasteiger partial charge in [0.25, 0.3) is 11.6 Å². The number of nitrogens with zero attached hydrogens (tertiary/aromatic N) is 2. The van der Waals surface area contributed by atoms with Gasteiger partial charge in [0.15, 0.2) is 0 Å². The van der Waals surface area contributed by atoms with Crippen LogP contribution in [0, 0.1) is 10.1 Å². The summed E-state index contributed by atoms with van der Waals surface area (Å²) in [5.41, 5.74) is 2.66. The highest BCUT2D eigenvalue weighted by Crippen LogP contribution is 2.32. The number of aliphatic carboxylic acids is 1. The highest BCUT2D eigenvalue weighted by Gasteiger charge is 2.29. The van der Waals surface area contributed by atoms with Crippen LogP contribution in [0.2, 0.25) is 0 Å². The zero-order valence-corrected chi connectivity index (χ0v) is 17.5. The quantitative estimate of drug-likeness (QED) is 0.298. The van der Waals surface area contributed by atoms with Crippen LogP contribution in [0.15, 0.2) is 82.8 Å². The Labute approximate surface area is 189 Å². The SMILES string of the molecule is O=C(O)CCCN1C(=O)/C(=C/c2ccc(-c3ccc([N+](=O)[O-])cc3)o2)C=C1c1ccccc1. The Morgan fingerprint density at radius 2 is 1.76 bits per heavy atom. The van der Waals surface area contributed by atoms with Gasteiger partial charge in [0.1, 0.15) is 11.5 Å². The van der Waals surface area contributed by atoms with Gasteiger partial charge < -0.3 is 14.4 Å². The fourth-order valence-corrected chi connectivity index (χ4v) is 3.60. The number of non-ortho nitro benzene ring substituents is 1. The van der Waals surface area contributed by atoms with E-state index in [9.17, 15) is 19.7 Å². The Balaban J connectivity index is 1.60. The van der Waals surface area contributed by atoms with Crippen molar-refractivity contribution in [2.75, 3.05) is 6.54 Å². The Hall–Kier alpha value is -4.46. The number of hydrogen-bond acceptors (Lipinski definition) is 5. The van der Waals surface area contributed by atoms with E-state index >= 15 is 0 Å². The molecule has 1 aromatic heterocycles. The lowest BCUT2D eigenvalue weighted by Crippen LogP contribution is -2.27. The number of benzene rings is 2. The van der Waals surface area contributed by atoms with E-state index in [1.807, 2.05) is 30.3 Å². The van der Waals surface area contributed by atoms with Crippen LogP contribution in [-0.2, 0) is 9.59 Å². The fourth-order valence-electron chi connectivity index (χ4n) is 3.60. The lowest BCUT2D eigenvalue weighted by molar-refractivity contribution is -0.384. The number of rotatable bonds is 8. The van der Waals surface area contributed by atoms with Crippen molar-refractivity contribution in [1.82, 2.24) is 4.90 Å². The van der Waals surface area contributed by atoms with E-state index in [2.05, 4.69) is 0 Å². The van der Waals surface area contributed by atoms with Gasteiger partial charge in [-0.25, -0.2) is 0 Å². The van der Waals surface area contributed by atoms with Gasteiger partial charge in [-0.05, 0) is 48.4 Å². The fraction of sp³-hybridized carbons (Fsp3) is 0.120. The molecule has 2 heterocycles. The number of hydrogen-bond donors (Lipinski definition) is 1. The maximum atomic E-state index is 13.1. The molecule has 166 valence electrons. The maximum absolute atomic E-state index is 13.1. The van der Waals surface area contributed by atoms with Gasteiger partial charge in [0.05, 0.1) is 10.6 Å². The molecule has 4 rings (SSSR count). The molecule has 0 saturated heterocycles. The molecule has 0 unspecified atom stereocenters. The molecule has 0 aliphatic carbocycles. The Bertz CT molecular complexity index is 1260. The van der Waals surface area contributed by atoms with Crippen LogP contribution in [0.3, 0.4) is 0 Å². The summed E-state index contributed by atoms with van der Waals surface area (Å²) < 4.78 is 5.85. The number of carboxylic acids is 1. The molecule has 0 fully saturated rings. The van der Waals surface area contributed by atoms with Gasteiger partial charge in [-0.3, -0.25) is 19.7 Å². The first-order chi connectivity index (χ1) is 15.9. The molecule has 8 nitrogen and oxygen atoms in total. The first-order valence-electron chi connectivity index (χ1n) is 10.3. The molecule has 0 atom stereocenters. The van der Waals surface area contributed by atoms with E-state index in [0.29, 0.717) is 34.8 Å². The molecule has 1 aliphatic rings. The van der Waals surface area contributed by atoms with Crippen molar-refractivity contribution >= 4 is 29.3 Å². The van der Waals surface area contributed by atoms with Crippen LogP contribution in [0.25, 0.3) is 23.1 Å². The average Bonchev–Trinajstić information content (AvgIpc) is 3.40. The molecule has 0 saturated carbocycles. The van der Waals surface area contributed by atoms with Crippen LogP contribution >= 0.6 is 0 Å². The summed E-state index contributed by atoms with van der Waals surface area (Å²) in [4.78, 5) is 36.0. The molecule has 0 radical (unpaired) electrons. The van der Waals surface area contributed by atoms with Gasteiger partial charge in [0, 0.05) is 36.2 Å². The van der Waals surface area contributed by atoms with Crippen LogP contribution in [0.1, 0.15) is 24.2 Å². The van der Waals surface area contributed by atoms with Crippen molar-refractivity contribution in [3.63, 3.8) is 0 Å². The van der Waals surface area contributed by atoms with E-state index in [-0.39, 0.29) is 24.6 Å². The highest BCUT2D eigenvalue weighted by atomic mass is 16.6. The predicted molar refractivity (Wildman–Crippen MR) is 122 cm³/mol. The van der Waals surface area contributed by atoms with E-state index in [4.69, 9.17) is 9.52 Å². The first kappa shape index (κ1) is 21.8. The standard InChI is InChI=1S/C25H20N2O6/c28-24(29)7-4-14-26-22(17-5-2-1-3-6-17)16-19(25(26)30)15-21-12-13-23(33-21)18-8-10-20(11-9-18)27(31)32/h1-3,5-6,8-13,15-16H,4,7,14H2,(H,28,29)/b19-15+. The van der Waals surface area contributed by atoms with Crippen molar-refractivity contribution in [2.45, 2.75) is 12.8 Å². The van der Waals surface area contributed by atoms with Crippen LogP contribution in [-0.4, -0.2) is 33.4 Å². The van der Waals surface area contributed by atoms with Gasteiger partial charge in [-0.15, -0.1) is 0 Å². The molecule has 3 aromatic rings. The lowest BCUT2D eigenvalue weighted by Gasteiger charge is -2.20. The zero-order chi connectivity index (χ0) is 23.4. The molecular formula is C25H20N2O6. The summed E-state index contributed by atoms with van der Waals surface area (Å²) in [7, 11) is 0. The topological polar surface area (TPSA) is 114 Å². The smallest absolute Gasteiger partial charge is 0.303 e. The summed E-state index contributed by atoms with van der Waals surface area (Å²) in [6, 6.07) is 18.9. The van der Waals surface area contributed by atoms with Crippen molar-refractivity contribution in [3.05, 3.63) is 99.8 Å². The van der Waals surface area contributed by atoms with Crippen molar-refractivity contribution in [3.8, 4) is 11.3 Å². The number of carbonyl (C=O) groups is 2. The number of amides is 1. The number of furan rings is 1. The van der Waals surface area contributed by atoms with Crippen LogP contribution in [0.4, 0.5) is 5.69 Å². The van der Waals surface area contributed by atoms with E-state index in [1.165, 1.54) is 12.1 Å². The third-order valence-corrected chi connectivity index (χ3v) is 5.20. The van der Waals surface area contributed by atoms with Gasteiger partial charge in [-0.2, -0.15) is 0 Å². The summed E-state index contributed by atoms with van der Waals surface area (Å²) in [5, 5.41) is 19.8. The summed E-state index contributed by atoms with van der Waals surface area (Å²) in [6.07, 6.45) is 3.72. The van der Waals surface area contributed by atoms with Crippen molar-refractivity contribution in [1.29, 1.82) is 0 Å². The minimum absolute atomic E-state index is 0.00855. The predicted octanol–water partition coefficient (Wildman–Crippen LogP) is 4.99. The largest absolute Gasteiger partial charge is 0.481 e. The maximum Gasteiger partial charge on any atom is 0.303 e. The van der Waals surface area contributed by atoms with E-state index in [1.54, 1.807) is 41.3 Å². The first-order valence-corrected chi connectivity index (χ1v) is 10.3. The highest BCUT2D eigenvalue weighted by molar-refractivity contribution is 6.10. The van der Waals surface area contributed by atoms with Crippen molar-refractivity contribution in [2.24, 2.45) is 0 Å². The van der Waals surface area contributed by atoms with Crippen LogP contribution in [0.5, 0.6) is 0 Å². The monoisotopic (exact) mass is 444 g/mol. The van der Waals surface area contributed by atoms with Gasteiger partial charge in [-0.1, -0.05) is 30.3 Å². The second-order valence-electron chi connectivity index (χ2n) is 7.46. The second-order valence-corrected chi connectivity index (χ2v) is 7.46. The van der Waals surface area contributed by atoms with E-state index in [0.717, 1.165) is 5.56 Å². The molecular weight excluding hydrogens is 424 g/mol. The number of carbonyl (C=O) groups excluding carboxylic acids is 1. The normalized spacial score (nSPS) is 14.5. The van der Waals surface area contributed by atoms with Gasteiger partial charge in [0.2, 0.25) is 0 Å². The molecule has 1 aliphatic heterocycles. The molecule has 8 heteroatoms. The Kier molecular flexibility index (Phi) is 6.17. The zero-order valence-electron chi connectivity index (χ0n) is 17.5. The minimum Gasteiger partial charge on any atom is -0.481 e. The van der Waals surface area contributed by atoms with Crippen molar-refractivity contribution < 1.29 is 24.0 Å². The summed E-state index contributed by atoms with van der Waals surface area (Å²) in [5.74, 6) is -0.153. The number of nitro benzene ring substituents is 1. The van der Waals surface area contributed by atoms with E-state index < -0.39 is 10.9 Å². The molecule has 0 bridgehead atoms. The molecule has 1 amide bonds. The third-order valence-electron chi connectivity index (χ3n) is 5.20. The third kappa shape index (κ3) is 4.90. The Morgan fingerprint density at radius 1 is 1.03 bits per heavy atom. The average molecular weight is 444 g/mol. The lowest BCUT2D eigenvalue weighted by atomic mass is 10.1. The van der Waals surface area contributed by atoms with Crippen LogP contribution < -0.4 is 0 Å². The second kappa shape index (κ2) is 9.35.